The zero-order chi connectivity index (χ0) is 19.2. The van der Waals surface area contributed by atoms with Crippen molar-refractivity contribution in [3.63, 3.8) is 0 Å². The Bertz CT molecular complexity index is 775. The zero-order valence-corrected chi connectivity index (χ0v) is 17.0. The molecule has 2 aromatic rings. The molecule has 0 aliphatic carbocycles. The summed E-state index contributed by atoms with van der Waals surface area (Å²) in [6.45, 7) is 3.30. The van der Waals surface area contributed by atoms with Gasteiger partial charge in [-0.15, -0.1) is 0 Å². The summed E-state index contributed by atoms with van der Waals surface area (Å²) in [4.78, 5) is 14.8. The number of nitrogens with zero attached hydrogens (tertiary/aromatic N) is 1. The Kier molecular flexibility index (Phi) is 7.25. The van der Waals surface area contributed by atoms with E-state index in [0.29, 0.717) is 27.2 Å². The maximum atomic E-state index is 12.4. The Morgan fingerprint density at radius 1 is 1.07 bits per heavy atom. The first-order chi connectivity index (χ1) is 13.0. The monoisotopic (exact) mass is 426 g/mol. The van der Waals surface area contributed by atoms with Crippen LogP contribution < -0.4 is 10.1 Å². The van der Waals surface area contributed by atoms with E-state index in [1.54, 1.807) is 18.2 Å². The van der Waals surface area contributed by atoms with E-state index in [1.165, 1.54) is 0 Å². The average Bonchev–Trinajstić information content (AvgIpc) is 2.67. The molecule has 0 saturated carbocycles. The number of benzene rings is 2. The Hall–Kier alpha value is -1.46. The molecular formula is C20H21Cl3N2O2. The summed E-state index contributed by atoms with van der Waals surface area (Å²) in [7, 11) is 0. The van der Waals surface area contributed by atoms with Crippen molar-refractivity contribution in [2.24, 2.45) is 0 Å². The average molecular weight is 428 g/mol. The highest BCUT2D eigenvalue weighted by atomic mass is 35.5. The summed E-state index contributed by atoms with van der Waals surface area (Å²) in [5, 5.41) is 4.45. The van der Waals surface area contributed by atoms with Crippen LogP contribution in [-0.2, 0) is 0 Å². The summed E-state index contributed by atoms with van der Waals surface area (Å²) < 4.78 is 5.74. The minimum Gasteiger partial charge on any atom is -0.492 e. The number of halogens is 3. The molecule has 0 spiro atoms. The normalized spacial score (nSPS) is 15.5. The van der Waals surface area contributed by atoms with Crippen LogP contribution in [0, 0.1) is 0 Å². The fourth-order valence-corrected chi connectivity index (χ4v) is 3.58. The molecule has 1 N–H and O–H groups in total. The van der Waals surface area contributed by atoms with Crippen LogP contribution >= 0.6 is 34.8 Å². The Balaban J connectivity index is 1.40. The van der Waals surface area contributed by atoms with Gasteiger partial charge in [0.15, 0.2) is 0 Å². The van der Waals surface area contributed by atoms with Crippen molar-refractivity contribution in [1.29, 1.82) is 0 Å². The first-order valence-corrected chi connectivity index (χ1v) is 10.0. The number of rotatable bonds is 6. The van der Waals surface area contributed by atoms with Crippen LogP contribution in [-0.4, -0.2) is 43.1 Å². The third kappa shape index (κ3) is 5.76. The Morgan fingerprint density at radius 3 is 2.48 bits per heavy atom. The molecule has 1 aliphatic rings. The van der Waals surface area contributed by atoms with Gasteiger partial charge in [-0.05, 0) is 49.2 Å². The SMILES string of the molecule is O=C(NC1CCN(CCOc2ccc(Cl)cc2)CC1)c1cccc(Cl)c1Cl. The summed E-state index contributed by atoms with van der Waals surface area (Å²) >= 11 is 18.0. The lowest BCUT2D eigenvalue weighted by molar-refractivity contribution is 0.0905. The third-order valence-electron chi connectivity index (χ3n) is 4.61. The Morgan fingerprint density at radius 2 is 1.78 bits per heavy atom. The molecule has 0 bridgehead atoms. The number of nitrogens with one attached hydrogen (secondary N) is 1. The first kappa shape index (κ1) is 20.3. The van der Waals surface area contributed by atoms with Crippen LogP contribution in [0.1, 0.15) is 23.2 Å². The highest BCUT2D eigenvalue weighted by Crippen LogP contribution is 2.25. The lowest BCUT2D eigenvalue weighted by atomic mass is 10.0. The lowest BCUT2D eigenvalue weighted by Gasteiger charge is -2.32. The molecule has 4 nitrogen and oxygen atoms in total. The van der Waals surface area contributed by atoms with E-state index >= 15 is 0 Å². The van der Waals surface area contributed by atoms with Gasteiger partial charge < -0.3 is 10.1 Å². The fourth-order valence-electron chi connectivity index (χ4n) is 3.07. The van der Waals surface area contributed by atoms with Crippen molar-refractivity contribution in [3.8, 4) is 5.75 Å². The number of amides is 1. The fraction of sp³-hybridized carbons (Fsp3) is 0.350. The number of hydrogen-bond donors (Lipinski definition) is 1. The van der Waals surface area contributed by atoms with Gasteiger partial charge >= 0.3 is 0 Å². The molecule has 3 rings (SSSR count). The third-order valence-corrected chi connectivity index (χ3v) is 5.68. The molecule has 0 radical (unpaired) electrons. The maximum absolute atomic E-state index is 12.4. The van der Waals surface area contributed by atoms with Gasteiger partial charge in [0, 0.05) is 30.7 Å². The minimum atomic E-state index is -0.174. The van der Waals surface area contributed by atoms with Gasteiger partial charge in [0.05, 0.1) is 15.6 Å². The van der Waals surface area contributed by atoms with Crippen molar-refractivity contribution in [1.82, 2.24) is 10.2 Å². The van der Waals surface area contributed by atoms with E-state index in [1.807, 2.05) is 24.3 Å². The Labute approximate surface area is 174 Å². The van der Waals surface area contributed by atoms with E-state index in [0.717, 1.165) is 38.2 Å². The van der Waals surface area contributed by atoms with Crippen molar-refractivity contribution in [2.75, 3.05) is 26.2 Å². The van der Waals surface area contributed by atoms with Gasteiger partial charge in [-0.2, -0.15) is 0 Å². The molecule has 1 amide bonds. The molecule has 0 aromatic heterocycles. The van der Waals surface area contributed by atoms with Crippen LogP contribution in [0.5, 0.6) is 5.75 Å². The van der Waals surface area contributed by atoms with Crippen molar-refractivity contribution in [3.05, 3.63) is 63.1 Å². The lowest BCUT2D eigenvalue weighted by Crippen LogP contribution is -2.45. The van der Waals surface area contributed by atoms with E-state index in [4.69, 9.17) is 39.5 Å². The van der Waals surface area contributed by atoms with Crippen LogP contribution in [0.15, 0.2) is 42.5 Å². The molecule has 1 fully saturated rings. The number of piperidine rings is 1. The maximum Gasteiger partial charge on any atom is 0.253 e. The van der Waals surface area contributed by atoms with Crippen LogP contribution in [0.4, 0.5) is 0 Å². The highest BCUT2D eigenvalue weighted by Gasteiger charge is 2.22. The smallest absolute Gasteiger partial charge is 0.253 e. The van der Waals surface area contributed by atoms with E-state index in [9.17, 15) is 4.79 Å². The van der Waals surface area contributed by atoms with E-state index in [-0.39, 0.29) is 11.9 Å². The largest absolute Gasteiger partial charge is 0.492 e. The molecule has 7 heteroatoms. The molecule has 1 heterocycles. The number of carbonyl (C=O) groups excluding carboxylic acids is 1. The standard InChI is InChI=1S/C20H21Cl3N2O2/c21-14-4-6-16(7-5-14)27-13-12-25-10-8-15(9-11-25)24-20(26)17-2-1-3-18(22)19(17)23/h1-7,15H,8-13H2,(H,24,26). The molecule has 27 heavy (non-hydrogen) atoms. The second kappa shape index (κ2) is 9.65. The van der Waals surface area contributed by atoms with Gasteiger partial charge in [-0.1, -0.05) is 40.9 Å². The van der Waals surface area contributed by atoms with Crippen molar-refractivity contribution in [2.45, 2.75) is 18.9 Å². The van der Waals surface area contributed by atoms with Gasteiger partial charge in [-0.3, -0.25) is 9.69 Å². The molecule has 144 valence electrons. The van der Waals surface area contributed by atoms with Crippen LogP contribution in [0.2, 0.25) is 15.1 Å². The number of ether oxygens (including phenoxy) is 1. The molecular weight excluding hydrogens is 407 g/mol. The number of likely N-dealkylation sites (tertiary alicyclic amines) is 1. The zero-order valence-electron chi connectivity index (χ0n) is 14.8. The minimum absolute atomic E-state index is 0.140. The number of hydrogen-bond acceptors (Lipinski definition) is 3. The van der Waals surface area contributed by atoms with Gasteiger partial charge in [0.1, 0.15) is 12.4 Å². The second-order valence-electron chi connectivity index (χ2n) is 6.49. The molecule has 2 aromatic carbocycles. The van der Waals surface area contributed by atoms with Gasteiger partial charge in [0.2, 0.25) is 0 Å². The number of carbonyl (C=O) groups is 1. The summed E-state index contributed by atoms with van der Waals surface area (Å²) in [6, 6.07) is 12.6. The van der Waals surface area contributed by atoms with E-state index in [2.05, 4.69) is 10.2 Å². The predicted octanol–water partition coefficient (Wildman–Crippen LogP) is 4.92. The van der Waals surface area contributed by atoms with Gasteiger partial charge in [0.25, 0.3) is 5.91 Å². The summed E-state index contributed by atoms with van der Waals surface area (Å²) in [5.41, 5.74) is 0.419. The predicted molar refractivity (Wildman–Crippen MR) is 110 cm³/mol. The van der Waals surface area contributed by atoms with Gasteiger partial charge in [-0.25, -0.2) is 0 Å². The van der Waals surface area contributed by atoms with Crippen molar-refractivity contribution < 1.29 is 9.53 Å². The molecule has 1 saturated heterocycles. The molecule has 0 atom stereocenters. The van der Waals surface area contributed by atoms with Crippen LogP contribution in [0.3, 0.4) is 0 Å². The van der Waals surface area contributed by atoms with Crippen LogP contribution in [0.25, 0.3) is 0 Å². The molecule has 0 unspecified atom stereocenters. The van der Waals surface area contributed by atoms with Crippen molar-refractivity contribution >= 4 is 40.7 Å². The van der Waals surface area contributed by atoms with E-state index < -0.39 is 0 Å². The highest BCUT2D eigenvalue weighted by molar-refractivity contribution is 6.43. The molecule has 1 aliphatic heterocycles. The second-order valence-corrected chi connectivity index (χ2v) is 7.71. The summed E-state index contributed by atoms with van der Waals surface area (Å²) in [5.74, 6) is 0.645. The topological polar surface area (TPSA) is 41.6 Å². The quantitative estimate of drug-likeness (QED) is 0.711. The first-order valence-electron chi connectivity index (χ1n) is 8.88. The summed E-state index contributed by atoms with van der Waals surface area (Å²) in [6.07, 6.45) is 1.79.